The van der Waals surface area contributed by atoms with Crippen molar-refractivity contribution >= 4 is 34.9 Å². The molecule has 0 aliphatic heterocycles. The van der Waals surface area contributed by atoms with Crippen molar-refractivity contribution in [2.24, 2.45) is 0 Å². The molecule has 0 unspecified atom stereocenters. The summed E-state index contributed by atoms with van der Waals surface area (Å²) in [7, 11) is 0. The van der Waals surface area contributed by atoms with Gasteiger partial charge in [0, 0.05) is 12.0 Å². The van der Waals surface area contributed by atoms with Crippen molar-refractivity contribution in [2.75, 3.05) is 11.9 Å². The topological polar surface area (TPSA) is 72.5 Å². The number of anilines is 1. The maximum Gasteiger partial charge on any atom is 0.306 e. The number of fused-ring (bicyclic) bond motifs is 1. The minimum Gasteiger partial charge on any atom is -0.456 e. The van der Waals surface area contributed by atoms with E-state index in [0.29, 0.717) is 5.56 Å². The summed E-state index contributed by atoms with van der Waals surface area (Å²) in [5.41, 5.74) is 3.32. The summed E-state index contributed by atoms with van der Waals surface area (Å²) in [5, 5.41) is 2.47. The van der Waals surface area contributed by atoms with Gasteiger partial charge in [0.1, 0.15) is 5.82 Å². The smallest absolute Gasteiger partial charge is 0.306 e. The second-order valence-electron chi connectivity index (χ2n) is 6.95. The van der Waals surface area contributed by atoms with Gasteiger partial charge in [-0.25, -0.2) is 4.39 Å². The van der Waals surface area contributed by atoms with Crippen molar-refractivity contribution in [3.63, 3.8) is 0 Å². The zero-order valence-electron chi connectivity index (χ0n) is 15.8. The number of ketones is 1. The van der Waals surface area contributed by atoms with Crippen molar-refractivity contribution in [2.45, 2.75) is 38.5 Å². The molecule has 0 heterocycles. The van der Waals surface area contributed by atoms with Crippen LogP contribution in [0.2, 0.25) is 5.02 Å². The fourth-order valence-electron chi connectivity index (χ4n) is 3.26. The van der Waals surface area contributed by atoms with E-state index in [4.69, 9.17) is 16.3 Å². The van der Waals surface area contributed by atoms with Crippen LogP contribution in [0, 0.1) is 5.82 Å². The number of hydrogen-bond donors (Lipinski definition) is 1. The highest BCUT2D eigenvalue weighted by atomic mass is 35.5. The molecule has 7 heteroatoms. The van der Waals surface area contributed by atoms with Crippen LogP contribution in [0.4, 0.5) is 10.1 Å². The fraction of sp³-hybridized carbons (Fsp3) is 0.318. The molecule has 5 nitrogen and oxygen atoms in total. The van der Waals surface area contributed by atoms with E-state index in [-0.39, 0.29) is 29.3 Å². The normalized spacial score (nSPS) is 12.8. The third kappa shape index (κ3) is 5.87. The molecule has 0 radical (unpaired) electrons. The molecule has 0 atom stereocenters. The van der Waals surface area contributed by atoms with E-state index in [1.165, 1.54) is 23.6 Å². The zero-order chi connectivity index (χ0) is 20.8. The van der Waals surface area contributed by atoms with Crippen molar-refractivity contribution < 1.29 is 23.5 Å². The van der Waals surface area contributed by atoms with Gasteiger partial charge in [-0.1, -0.05) is 23.7 Å². The van der Waals surface area contributed by atoms with Crippen LogP contribution in [0.15, 0.2) is 36.4 Å². The molecule has 2 aromatic rings. The number of Topliss-reactive ketones (excluding diaryl/α,β-unsaturated/α-hetero) is 1. The maximum absolute atomic E-state index is 13.0. The SMILES string of the molecule is O=C(COC(=O)CCC(=O)c1ccc2c(c1)CCCC2)Nc1ccc(F)cc1Cl. The average molecular weight is 418 g/mol. The summed E-state index contributed by atoms with van der Waals surface area (Å²) in [6.45, 7) is -0.514. The van der Waals surface area contributed by atoms with Crippen molar-refractivity contribution in [3.05, 3.63) is 63.9 Å². The van der Waals surface area contributed by atoms with Crippen LogP contribution in [0.3, 0.4) is 0 Å². The van der Waals surface area contributed by atoms with Gasteiger partial charge in [-0.15, -0.1) is 0 Å². The quantitative estimate of drug-likeness (QED) is 0.531. The summed E-state index contributed by atoms with van der Waals surface area (Å²) < 4.78 is 17.9. The van der Waals surface area contributed by atoms with Gasteiger partial charge in [0.2, 0.25) is 0 Å². The number of ether oxygens (including phenoxy) is 1. The number of amides is 1. The van der Waals surface area contributed by atoms with Crippen LogP contribution in [-0.4, -0.2) is 24.3 Å². The molecule has 1 N–H and O–H groups in total. The summed E-state index contributed by atoms with van der Waals surface area (Å²) >= 11 is 5.82. The Morgan fingerprint density at radius 3 is 2.52 bits per heavy atom. The second kappa shape index (κ2) is 9.65. The highest BCUT2D eigenvalue weighted by Gasteiger charge is 2.15. The first-order valence-electron chi connectivity index (χ1n) is 9.48. The first-order valence-corrected chi connectivity index (χ1v) is 9.85. The van der Waals surface area contributed by atoms with Crippen LogP contribution < -0.4 is 5.32 Å². The van der Waals surface area contributed by atoms with Gasteiger partial charge in [0.15, 0.2) is 12.4 Å². The Labute approximate surface area is 173 Å². The standard InChI is InChI=1S/C22H21ClFNO4/c23-18-12-17(24)7-8-19(18)25-21(27)13-29-22(28)10-9-20(26)16-6-5-14-3-1-2-4-15(14)11-16/h5-8,11-12H,1-4,9-10,13H2,(H,25,27). The number of carbonyl (C=O) groups is 3. The van der Waals surface area contributed by atoms with Crippen molar-refractivity contribution in [3.8, 4) is 0 Å². The van der Waals surface area contributed by atoms with Crippen LogP contribution in [0.25, 0.3) is 0 Å². The lowest BCUT2D eigenvalue weighted by Gasteiger charge is -2.16. The molecular weight excluding hydrogens is 397 g/mol. The summed E-state index contributed by atoms with van der Waals surface area (Å²) in [5.74, 6) is -1.90. The van der Waals surface area contributed by atoms with E-state index in [0.717, 1.165) is 31.4 Å². The third-order valence-corrected chi connectivity index (χ3v) is 5.11. The first kappa shape index (κ1) is 21.0. The van der Waals surface area contributed by atoms with Gasteiger partial charge >= 0.3 is 5.97 Å². The van der Waals surface area contributed by atoms with E-state index in [1.54, 1.807) is 6.07 Å². The molecule has 0 saturated carbocycles. The van der Waals surface area contributed by atoms with Crippen LogP contribution >= 0.6 is 11.6 Å². The molecule has 1 aliphatic rings. The minimum atomic E-state index is -0.642. The fourth-order valence-corrected chi connectivity index (χ4v) is 3.48. The van der Waals surface area contributed by atoms with Gasteiger partial charge in [-0.05, 0) is 61.1 Å². The molecule has 0 spiro atoms. The highest BCUT2D eigenvalue weighted by Crippen LogP contribution is 2.23. The molecule has 3 rings (SSSR count). The van der Waals surface area contributed by atoms with Gasteiger partial charge in [-0.2, -0.15) is 0 Å². The summed E-state index contributed by atoms with van der Waals surface area (Å²) in [4.78, 5) is 36.0. The predicted octanol–water partition coefficient (Wildman–Crippen LogP) is 4.50. The maximum atomic E-state index is 13.0. The number of halogens is 2. The van der Waals surface area contributed by atoms with E-state index < -0.39 is 24.3 Å². The van der Waals surface area contributed by atoms with Gasteiger partial charge in [-0.3, -0.25) is 14.4 Å². The molecule has 0 fully saturated rings. The molecule has 0 saturated heterocycles. The van der Waals surface area contributed by atoms with Gasteiger partial charge < -0.3 is 10.1 Å². The Hall–Kier alpha value is -2.73. The monoisotopic (exact) mass is 417 g/mol. The number of carbonyl (C=O) groups excluding carboxylic acids is 3. The molecule has 0 bridgehead atoms. The Morgan fingerprint density at radius 2 is 1.76 bits per heavy atom. The Balaban J connectivity index is 1.43. The number of aryl methyl sites for hydroxylation is 2. The van der Waals surface area contributed by atoms with E-state index >= 15 is 0 Å². The lowest BCUT2D eigenvalue weighted by Crippen LogP contribution is -2.21. The number of esters is 1. The molecular formula is C22H21ClFNO4. The molecule has 1 amide bonds. The van der Waals surface area contributed by atoms with Gasteiger partial charge in [0.05, 0.1) is 17.1 Å². The first-order chi connectivity index (χ1) is 13.9. The van der Waals surface area contributed by atoms with Crippen molar-refractivity contribution in [1.29, 1.82) is 0 Å². The van der Waals surface area contributed by atoms with Crippen molar-refractivity contribution in [1.82, 2.24) is 0 Å². The summed E-state index contributed by atoms with van der Waals surface area (Å²) in [6, 6.07) is 9.24. The highest BCUT2D eigenvalue weighted by molar-refractivity contribution is 6.33. The van der Waals surface area contributed by atoms with Gasteiger partial charge in [0.25, 0.3) is 5.91 Å². The Kier molecular flexibility index (Phi) is 6.99. The van der Waals surface area contributed by atoms with E-state index in [1.807, 2.05) is 12.1 Å². The Bertz CT molecular complexity index is 944. The third-order valence-electron chi connectivity index (χ3n) is 4.80. The van der Waals surface area contributed by atoms with Crippen LogP contribution in [0.1, 0.15) is 47.2 Å². The predicted molar refractivity (Wildman–Crippen MR) is 108 cm³/mol. The Morgan fingerprint density at radius 1 is 1.00 bits per heavy atom. The van der Waals surface area contributed by atoms with E-state index in [9.17, 15) is 18.8 Å². The zero-order valence-corrected chi connectivity index (χ0v) is 16.6. The number of hydrogen-bond acceptors (Lipinski definition) is 4. The lowest BCUT2D eigenvalue weighted by molar-refractivity contribution is -0.147. The minimum absolute atomic E-state index is 0.0169. The van der Waals surface area contributed by atoms with E-state index in [2.05, 4.69) is 5.32 Å². The molecule has 29 heavy (non-hydrogen) atoms. The molecule has 2 aromatic carbocycles. The largest absolute Gasteiger partial charge is 0.456 e. The summed E-state index contributed by atoms with van der Waals surface area (Å²) in [6.07, 6.45) is 4.23. The molecule has 152 valence electrons. The molecule has 1 aliphatic carbocycles. The van der Waals surface area contributed by atoms with Crippen LogP contribution in [0.5, 0.6) is 0 Å². The number of rotatable bonds is 7. The lowest BCUT2D eigenvalue weighted by atomic mass is 9.89. The average Bonchev–Trinajstić information content (AvgIpc) is 2.72. The number of nitrogens with one attached hydrogen (secondary N) is 1. The number of benzene rings is 2. The molecule has 0 aromatic heterocycles. The second-order valence-corrected chi connectivity index (χ2v) is 7.35. The van der Waals surface area contributed by atoms with Crippen LogP contribution in [-0.2, 0) is 27.2 Å².